The predicted octanol–water partition coefficient (Wildman–Crippen LogP) is 4.44. The van der Waals surface area contributed by atoms with Crippen molar-refractivity contribution in [3.05, 3.63) is 69.5 Å². The van der Waals surface area contributed by atoms with Gasteiger partial charge in [-0.3, -0.25) is 14.2 Å². The highest BCUT2D eigenvalue weighted by atomic mass is 35.5. The van der Waals surface area contributed by atoms with Gasteiger partial charge in [0.15, 0.2) is 10.3 Å². The molecule has 0 radical (unpaired) electrons. The molecule has 0 aliphatic heterocycles. The first kappa shape index (κ1) is 19.6. The van der Waals surface area contributed by atoms with Crippen LogP contribution in [-0.2, 0) is 11.8 Å². The summed E-state index contributed by atoms with van der Waals surface area (Å²) in [5, 5.41) is 5.96. The number of halogens is 1. The van der Waals surface area contributed by atoms with Gasteiger partial charge in [-0.25, -0.2) is 9.97 Å². The van der Waals surface area contributed by atoms with Crippen molar-refractivity contribution in [2.45, 2.75) is 5.16 Å². The van der Waals surface area contributed by atoms with Crippen molar-refractivity contribution in [2.24, 2.45) is 7.05 Å². The minimum atomic E-state index is -0.254. The third-order valence-electron chi connectivity index (χ3n) is 4.22. The molecule has 0 spiro atoms. The summed E-state index contributed by atoms with van der Waals surface area (Å²) in [6, 6.07) is 13.1. The Labute approximate surface area is 179 Å². The molecule has 146 valence electrons. The summed E-state index contributed by atoms with van der Waals surface area (Å²) < 4.78 is 1.48. The maximum atomic E-state index is 13.0. The van der Waals surface area contributed by atoms with Crippen LogP contribution in [0.3, 0.4) is 0 Å². The van der Waals surface area contributed by atoms with Gasteiger partial charge in [0.25, 0.3) is 5.56 Å². The fraction of sp³-hybridized carbons (Fsp3) is 0.100. The molecule has 0 fully saturated rings. The number of thiophene rings is 1. The minimum Gasteiger partial charge on any atom is -0.323 e. The Balaban J connectivity index is 1.58. The van der Waals surface area contributed by atoms with Gasteiger partial charge in [0, 0.05) is 24.2 Å². The molecule has 0 aliphatic carbocycles. The van der Waals surface area contributed by atoms with Crippen LogP contribution in [0.5, 0.6) is 0 Å². The number of pyridine rings is 1. The molecule has 6 nitrogen and oxygen atoms in total. The molecular weight excluding hydrogens is 428 g/mol. The van der Waals surface area contributed by atoms with Gasteiger partial charge in [-0.05, 0) is 17.7 Å². The monoisotopic (exact) mass is 442 g/mol. The maximum Gasteiger partial charge on any atom is 0.263 e. The first-order valence-corrected chi connectivity index (χ1v) is 10.9. The van der Waals surface area contributed by atoms with Crippen molar-refractivity contribution in [1.82, 2.24) is 14.5 Å². The summed E-state index contributed by atoms with van der Waals surface area (Å²) in [5.74, 6) is -0.163. The van der Waals surface area contributed by atoms with Crippen molar-refractivity contribution < 1.29 is 4.79 Å². The summed E-state index contributed by atoms with van der Waals surface area (Å²) in [5.41, 5.74) is 2.17. The van der Waals surface area contributed by atoms with E-state index in [4.69, 9.17) is 11.6 Å². The number of carbonyl (C=O) groups excluding carboxylic acids is 1. The summed E-state index contributed by atoms with van der Waals surface area (Å²) in [7, 11) is 1.67. The topological polar surface area (TPSA) is 76.9 Å². The van der Waals surface area contributed by atoms with Crippen LogP contribution in [-0.4, -0.2) is 26.2 Å². The first-order chi connectivity index (χ1) is 14.0. The van der Waals surface area contributed by atoms with E-state index in [0.29, 0.717) is 21.1 Å². The molecule has 0 unspecified atom stereocenters. The van der Waals surface area contributed by atoms with E-state index < -0.39 is 0 Å². The predicted molar refractivity (Wildman–Crippen MR) is 119 cm³/mol. The van der Waals surface area contributed by atoms with E-state index in [0.717, 1.165) is 11.1 Å². The molecule has 9 heteroatoms. The van der Waals surface area contributed by atoms with Crippen LogP contribution in [0, 0.1) is 0 Å². The van der Waals surface area contributed by atoms with Gasteiger partial charge in [0.2, 0.25) is 5.91 Å². The van der Waals surface area contributed by atoms with E-state index in [1.165, 1.54) is 27.7 Å². The number of benzene rings is 1. The molecule has 0 bridgehead atoms. The Morgan fingerprint density at radius 2 is 2.03 bits per heavy atom. The standard InChI is InChI=1S/C20H15ClN4O2S2/c1-25-19(27)16-13(12-6-3-2-4-7-12)10-28-18(16)24-20(25)29-11-15(26)23-14-8-5-9-22-17(14)21/h2-10H,11H2,1H3,(H,23,26). The zero-order chi connectivity index (χ0) is 20.4. The van der Waals surface area contributed by atoms with Crippen LogP contribution in [0.25, 0.3) is 21.3 Å². The molecule has 3 aromatic heterocycles. The Morgan fingerprint density at radius 3 is 2.79 bits per heavy atom. The Morgan fingerprint density at radius 1 is 1.24 bits per heavy atom. The highest BCUT2D eigenvalue weighted by Gasteiger charge is 2.16. The van der Waals surface area contributed by atoms with E-state index in [2.05, 4.69) is 15.3 Å². The second-order valence-electron chi connectivity index (χ2n) is 6.13. The lowest BCUT2D eigenvalue weighted by molar-refractivity contribution is -0.113. The van der Waals surface area contributed by atoms with Gasteiger partial charge in [0.1, 0.15) is 4.83 Å². The Kier molecular flexibility index (Phi) is 5.66. The average molecular weight is 443 g/mol. The summed E-state index contributed by atoms with van der Waals surface area (Å²) in [6.45, 7) is 0. The van der Waals surface area contributed by atoms with Gasteiger partial charge in [-0.2, -0.15) is 0 Å². The highest BCUT2D eigenvalue weighted by Crippen LogP contribution is 2.31. The number of nitrogens with one attached hydrogen (secondary N) is 1. The Hall–Kier alpha value is -2.68. The number of aromatic nitrogens is 3. The maximum absolute atomic E-state index is 13.0. The molecule has 1 aromatic carbocycles. The SMILES string of the molecule is Cn1c(SCC(=O)Nc2cccnc2Cl)nc2scc(-c3ccccc3)c2c1=O. The van der Waals surface area contributed by atoms with Gasteiger partial charge < -0.3 is 5.32 Å². The number of anilines is 1. The van der Waals surface area contributed by atoms with Gasteiger partial charge in [-0.15, -0.1) is 11.3 Å². The second kappa shape index (κ2) is 8.36. The van der Waals surface area contributed by atoms with Gasteiger partial charge >= 0.3 is 0 Å². The average Bonchev–Trinajstić information content (AvgIpc) is 3.16. The van der Waals surface area contributed by atoms with E-state index >= 15 is 0 Å². The fourth-order valence-electron chi connectivity index (χ4n) is 2.81. The van der Waals surface area contributed by atoms with Crippen LogP contribution in [0.2, 0.25) is 5.15 Å². The van der Waals surface area contributed by atoms with E-state index in [1.54, 1.807) is 25.4 Å². The molecular formula is C20H15ClN4O2S2. The number of hydrogen-bond donors (Lipinski definition) is 1. The third-order valence-corrected chi connectivity index (χ3v) is 6.43. The molecule has 1 N–H and O–H groups in total. The Bertz CT molecular complexity index is 1250. The van der Waals surface area contributed by atoms with Crippen molar-refractivity contribution in [3.8, 4) is 11.1 Å². The summed E-state index contributed by atoms with van der Waals surface area (Å²) in [6.07, 6.45) is 1.55. The number of fused-ring (bicyclic) bond motifs is 1. The smallest absolute Gasteiger partial charge is 0.263 e. The zero-order valence-electron chi connectivity index (χ0n) is 15.3. The molecule has 3 heterocycles. The van der Waals surface area contributed by atoms with Gasteiger partial charge in [-0.1, -0.05) is 53.7 Å². The first-order valence-electron chi connectivity index (χ1n) is 8.61. The minimum absolute atomic E-state index is 0.0912. The largest absolute Gasteiger partial charge is 0.323 e. The highest BCUT2D eigenvalue weighted by molar-refractivity contribution is 7.99. The number of hydrogen-bond acceptors (Lipinski definition) is 6. The third kappa shape index (κ3) is 4.05. The second-order valence-corrected chi connectivity index (χ2v) is 8.29. The molecule has 0 saturated carbocycles. The van der Waals surface area contributed by atoms with Crippen molar-refractivity contribution in [1.29, 1.82) is 0 Å². The molecule has 4 aromatic rings. The molecule has 0 atom stereocenters. The van der Waals surface area contributed by atoms with Crippen LogP contribution >= 0.6 is 34.7 Å². The van der Waals surface area contributed by atoms with E-state index in [-0.39, 0.29) is 22.4 Å². The normalized spacial score (nSPS) is 11.0. The lowest BCUT2D eigenvalue weighted by Crippen LogP contribution is -2.21. The van der Waals surface area contributed by atoms with Crippen LogP contribution < -0.4 is 10.9 Å². The van der Waals surface area contributed by atoms with Crippen LogP contribution in [0.1, 0.15) is 0 Å². The summed E-state index contributed by atoms with van der Waals surface area (Å²) in [4.78, 5) is 34.4. The molecule has 4 rings (SSSR count). The molecule has 1 amide bonds. The molecule has 29 heavy (non-hydrogen) atoms. The van der Waals surface area contributed by atoms with Crippen LogP contribution in [0.4, 0.5) is 5.69 Å². The van der Waals surface area contributed by atoms with E-state index in [9.17, 15) is 9.59 Å². The molecule has 0 aliphatic rings. The fourth-order valence-corrected chi connectivity index (χ4v) is 4.73. The number of carbonyl (C=O) groups is 1. The lowest BCUT2D eigenvalue weighted by Gasteiger charge is -2.09. The van der Waals surface area contributed by atoms with Gasteiger partial charge in [0.05, 0.1) is 16.8 Å². The molecule has 0 saturated heterocycles. The number of amides is 1. The summed E-state index contributed by atoms with van der Waals surface area (Å²) >= 11 is 8.58. The number of thioether (sulfide) groups is 1. The number of rotatable bonds is 5. The van der Waals surface area contributed by atoms with Crippen molar-refractivity contribution in [2.75, 3.05) is 11.1 Å². The van der Waals surface area contributed by atoms with E-state index in [1.807, 2.05) is 35.7 Å². The van der Waals surface area contributed by atoms with Crippen molar-refractivity contribution in [3.63, 3.8) is 0 Å². The lowest BCUT2D eigenvalue weighted by atomic mass is 10.1. The zero-order valence-corrected chi connectivity index (χ0v) is 17.6. The number of nitrogens with zero attached hydrogens (tertiary/aromatic N) is 3. The quantitative estimate of drug-likeness (QED) is 0.281. The van der Waals surface area contributed by atoms with Crippen LogP contribution in [0.15, 0.2) is 64.0 Å². The van der Waals surface area contributed by atoms with Crippen molar-refractivity contribution >= 4 is 56.5 Å².